The summed E-state index contributed by atoms with van der Waals surface area (Å²) in [5.74, 6) is -1.57. The van der Waals surface area contributed by atoms with Crippen LogP contribution in [0.1, 0.15) is 18.4 Å². The largest absolute Gasteiger partial charge is 0.381 e. The van der Waals surface area contributed by atoms with Crippen molar-refractivity contribution in [3.63, 3.8) is 0 Å². The normalized spacial score (nSPS) is 18.1. The summed E-state index contributed by atoms with van der Waals surface area (Å²) in [6.07, 6.45) is 5.16. The second-order valence-electron chi connectivity index (χ2n) is 6.07. The van der Waals surface area contributed by atoms with Gasteiger partial charge in [-0.1, -0.05) is 6.07 Å². The summed E-state index contributed by atoms with van der Waals surface area (Å²) in [6.45, 7) is -0.0902. The SMILES string of the molecule is OC(Cn1cncn1)(c1ccc(F)cc1F)C1(n2cnc(Cl)n2)CC1. The van der Waals surface area contributed by atoms with Crippen molar-refractivity contribution in [2.75, 3.05) is 0 Å². The molecule has 0 amide bonds. The minimum absolute atomic E-state index is 0.0222. The van der Waals surface area contributed by atoms with Crippen molar-refractivity contribution < 1.29 is 13.9 Å². The predicted octanol–water partition coefficient (Wildman–Crippen LogP) is 1.88. The van der Waals surface area contributed by atoms with Gasteiger partial charge < -0.3 is 5.11 Å². The molecule has 0 saturated heterocycles. The minimum Gasteiger partial charge on any atom is -0.381 e. The van der Waals surface area contributed by atoms with Crippen LogP contribution in [0, 0.1) is 11.6 Å². The van der Waals surface area contributed by atoms with Crippen LogP contribution in [0.25, 0.3) is 0 Å². The molecule has 1 N–H and O–H groups in total. The second kappa shape index (κ2) is 5.57. The number of halogens is 3. The summed E-state index contributed by atoms with van der Waals surface area (Å²) >= 11 is 5.81. The maximum absolute atomic E-state index is 14.5. The highest BCUT2D eigenvalue weighted by Crippen LogP contribution is 2.57. The molecule has 130 valence electrons. The fourth-order valence-corrected chi connectivity index (χ4v) is 3.38. The highest BCUT2D eigenvalue weighted by molar-refractivity contribution is 6.28. The van der Waals surface area contributed by atoms with E-state index in [0.717, 1.165) is 12.1 Å². The fourth-order valence-electron chi connectivity index (χ4n) is 3.26. The third-order valence-electron chi connectivity index (χ3n) is 4.63. The number of aromatic nitrogens is 6. The van der Waals surface area contributed by atoms with Crippen molar-refractivity contribution in [1.29, 1.82) is 0 Å². The van der Waals surface area contributed by atoms with Gasteiger partial charge in [-0.25, -0.2) is 28.1 Å². The maximum atomic E-state index is 14.5. The molecule has 10 heteroatoms. The molecular formula is C15H13ClF2N6O. The lowest BCUT2D eigenvalue weighted by Gasteiger charge is -2.37. The highest BCUT2D eigenvalue weighted by Gasteiger charge is 2.63. The third kappa shape index (κ3) is 2.50. The van der Waals surface area contributed by atoms with Crippen molar-refractivity contribution in [3.8, 4) is 0 Å². The molecule has 1 atom stereocenters. The van der Waals surface area contributed by atoms with Crippen molar-refractivity contribution in [2.45, 2.75) is 30.5 Å². The quantitative estimate of drug-likeness (QED) is 0.745. The van der Waals surface area contributed by atoms with Crippen LogP contribution in [0.2, 0.25) is 5.28 Å². The van der Waals surface area contributed by atoms with E-state index in [-0.39, 0.29) is 17.4 Å². The molecule has 1 aromatic carbocycles. The number of nitrogens with zero attached hydrogens (tertiary/aromatic N) is 6. The van der Waals surface area contributed by atoms with E-state index in [0.29, 0.717) is 12.8 Å². The molecule has 1 fully saturated rings. The minimum atomic E-state index is -1.75. The molecule has 1 saturated carbocycles. The smallest absolute Gasteiger partial charge is 0.242 e. The zero-order valence-corrected chi connectivity index (χ0v) is 13.6. The first-order valence-electron chi connectivity index (χ1n) is 7.53. The van der Waals surface area contributed by atoms with Gasteiger partial charge in [-0.05, 0) is 30.5 Å². The Hall–Kier alpha value is -2.39. The third-order valence-corrected chi connectivity index (χ3v) is 4.80. The lowest BCUT2D eigenvalue weighted by molar-refractivity contribution is -0.0578. The molecule has 0 radical (unpaired) electrons. The van der Waals surface area contributed by atoms with Gasteiger partial charge in [0.25, 0.3) is 0 Å². The monoisotopic (exact) mass is 366 g/mol. The van der Waals surface area contributed by atoms with Gasteiger partial charge in [0, 0.05) is 11.6 Å². The standard InChI is InChI=1S/C15H13ClF2N6O/c16-13-20-9-24(22-13)14(3-4-14)15(25,6-23-8-19-7-21-23)11-2-1-10(17)5-12(11)18/h1-2,5,7-9,25H,3-4,6H2. The van der Waals surface area contributed by atoms with Crippen molar-refractivity contribution >= 4 is 11.6 Å². The Balaban J connectivity index is 1.87. The molecule has 25 heavy (non-hydrogen) atoms. The number of aliphatic hydroxyl groups is 1. The van der Waals surface area contributed by atoms with Crippen LogP contribution in [-0.4, -0.2) is 34.6 Å². The predicted molar refractivity (Wildman–Crippen MR) is 82.5 cm³/mol. The van der Waals surface area contributed by atoms with Gasteiger partial charge in [-0.15, -0.1) is 5.10 Å². The van der Waals surface area contributed by atoms with E-state index in [2.05, 4.69) is 20.2 Å². The second-order valence-corrected chi connectivity index (χ2v) is 6.41. The average Bonchev–Trinajstić information content (AvgIpc) is 3.01. The Morgan fingerprint density at radius 2 is 2.08 bits per heavy atom. The molecule has 2 heterocycles. The van der Waals surface area contributed by atoms with Crippen LogP contribution in [0.4, 0.5) is 8.78 Å². The Labute approximate surface area is 145 Å². The fraction of sp³-hybridized carbons (Fsp3) is 0.333. The van der Waals surface area contributed by atoms with Gasteiger partial charge in [-0.2, -0.15) is 5.10 Å². The van der Waals surface area contributed by atoms with Crippen LogP contribution in [0.15, 0.2) is 37.2 Å². The van der Waals surface area contributed by atoms with Crippen LogP contribution < -0.4 is 0 Å². The van der Waals surface area contributed by atoms with E-state index >= 15 is 0 Å². The van der Waals surface area contributed by atoms with E-state index in [9.17, 15) is 13.9 Å². The Morgan fingerprint density at radius 1 is 1.28 bits per heavy atom. The zero-order chi connectivity index (χ0) is 17.7. The van der Waals surface area contributed by atoms with Crippen molar-refractivity contribution in [1.82, 2.24) is 29.5 Å². The van der Waals surface area contributed by atoms with Crippen molar-refractivity contribution in [2.24, 2.45) is 0 Å². The lowest BCUT2D eigenvalue weighted by Crippen LogP contribution is -2.48. The highest BCUT2D eigenvalue weighted by atomic mass is 35.5. The average molecular weight is 367 g/mol. The Morgan fingerprint density at radius 3 is 2.64 bits per heavy atom. The molecule has 7 nitrogen and oxygen atoms in total. The topological polar surface area (TPSA) is 81.6 Å². The summed E-state index contributed by atoms with van der Waals surface area (Å²) in [5, 5.41) is 19.7. The molecule has 0 spiro atoms. The van der Waals surface area contributed by atoms with Crippen LogP contribution in [-0.2, 0) is 17.7 Å². The lowest BCUT2D eigenvalue weighted by atomic mass is 9.83. The summed E-state index contributed by atoms with van der Waals surface area (Å²) in [5.41, 5.74) is -2.76. The van der Waals surface area contributed by atoms with Crippen molar-refractivity contribution in [3.05, 3.63) is 59.7 Å². The van der Waals surface area contributed by atoms with Gasteiger partial charge in [-0.3, -0.25) is 0 Å². The van der Waals surface area contributed by atoms with Crippen LogP contribution in [0.3, 0.4) is 0 Å². The van der Waals surface area contributed by atoms with E-state index < -0.39 is 22.8 Å². The van der Waals surface area contributed by atoms with Gasteiger partial charge in [0.2, 0.25) is 5.28 Å². The van der Waals surface area contributed by atoms with E-state index in [1.54, 1.807) is 0 Å². The molecule has 0 bridgehead atoms. The van der Waals surface area contributed by atoms with Gasteiger partial charge in [0.15, 0.2) is 0 Å². The summed E-state index contributed by atoms with van der Waals surface area (Å²) in [7, 11) is 0. The number of benzene rings is 1. The zero-order valence-electron chi connectivity index (χ0n) is 12.8. The summed E-state index contributed by atoms with van der Waals surface area (Å²) < 4.78 is 30.7. The molecule has 1 aliphatic carbocycles. The number of rotatable bonds is 5. The first kappa shape index (κ1) is 16.1. The Bertz CT molecular complexity index is 911. The first-order valence-corrected chi connectivity index (χ1v) is 7.90. The van der Waals surface area contributed by atoms with E-state index in [1.165, 1.54) is 34.4 Å². The molecule has 4 rings (SSSR count). The molecule has 2 aromatic heterocycles. The van der Waals surface area contributed by atoms with Gasteiger partial charge in [0.1, 0.15) is 36.2 Å². The van der Waals surface area contributed by atoms with E-state index in [4.69, 9.17) is 11.6 Å². The molecule has 1 aliphatic rings. The van der Waals surface area contributed by atoms with E-state index in [1.807, 2.05) is 0 Å². The van der Waals surface area contributed by atoms with Gasteiger partial charge in [0.05, 0.1) is 12.1 Å². The Kier molecular flexibility index (Phi) is 3.58. The molecule has 1 unspecified atom stereocenters. The van der Waals surface area contributed by atoms with Gasteiger partial charge >= 0.3 is 0 Å². The number of hydrogen-bond acceptors (Lipinski definition) is 5. The summed E-state index contributed by atoms with van der Waals surface area (Å²) in [6, 6.07) is 3.08. The van der Waals surface area contributed by atoms with Crippen LogP contribution >= 0.6 is 11.6 Å². The molecule has 0 aliphatic heterocycles. The molecule has 3 aromatic rings. The maximum Gasteiger partial charge on any atom is 0.242 e. The van der Waals surface area contributed by atoms with Crippen LogP contribution in [0.5, 0.6) is 0 Å². The number of hydrogen-bond donors (Lipinski definition) is 1. The summed E-state index contributed by atoms with van der Waals surface area (Å²) in [4.78, 5) is 7.73. The first-order chi connectivity index (χ1) is 11.9. The molecular weight excluding hydrogens is 354 g/mol.